The summed E-state index contributed by atoms with van der Waals surface area (Å²) in [5.41, 5.74) is -0.960. The highest BCUT2D eigenvalue weighted by atomic mass is 19.4. The lowest BCUT2D eigenvalue weighted by Gasteiger charge is -2.59. The molecule has 4 rings (SSSR count). The maximum Gasteiger partial charge on any atom is 0.392 e. The number of hydrogen-bond acceptors (Lipinski definition) is 1. The zero-order valence-corrected chi connectivity index (χ0v) is 19.6. The van der Waals surface area contributed by atoms with Crippen molar-refractivity contribution < 1.29 is 75.0 Å². The van der Waals surface area contributed by atoms with Gasteiger partial charge in [-0.3, -0.25) is 4.79 Å². The summed E-state index contributed by atoms with van der Waals surface area (Å²) in [6.45, 7) is 1.05. The van der Waals surface area contributed by atoms with E-state index in [-0.39, 0.29) is 17.8 Å². The van der Waals surface area contributed by atoms with Gasteiger partial charge in [0.25, 0.3) is 5.91 Å². The third-order valence-electron chi connectivity index (χ3n) is 8.30. The smallest absolute Gasteiger partial charge is 0.348 e. The Bertz CT molecular complexity index is 926. The number of rotatable bonds is 10. The van der Waals surface area contributed by atoms with Crippen LogP contribution in [0.25, 0.3) is 0 Å². The summed E-state index contributed by atoms with van der Waals surface area (Å²) in [6.07, 6.45) is -2.67. The SMILES string of the molecule is CC(NC(=O)C(F)(F)C(F)(F)C(F)(F)C(F)(F)C(F)(F)C(F)(F)C(F)(F)C(F)F)C12CC3CC(CC(C3)C1)C2. The van der Waals surface area contributed by atoms with Crippen LogP contribution in [0, 0.1) is 23.2 Å². The first-order chi connectivity index (χ1) is 17.2. The van der Waals surface area contributed by atoms with Gasteiger partial charge in [-0.2, -0.15) is 61.5 Å². The molecule has 4 aliphatic rings. The average Bonchev–Trinajstić information content (AvgIpc) is 2.77. The van der Waals surface area contributed by atoms with Gasteiger partial charge in [-0.1, -0.05) is 0 Å². The summed E-state index contributed by atoms with van der Waals surface area (Å²) >= 11 is 0. The molecule has 39 heavy (non-hydrogen) atoms. The summed E-state index contributed by atoms with van der Waals surface area (Å²) in [4.78, 5) is 12.0. The Kier molecular flexibility index (Phi) is 7.29. The van der Waals surface area contributed by atoms with E-state index in [0.717, 1.165) is 26.2 Å². The number of carbonyl (C=O) groups is 1. The van der Waals surface area contributed by atoms with Gasteiger partial charge in [0.2, 0.25) is 0 Å². The molecule has 0 aromatic heterocycles. The molecule has 0 radical (unpaired) electrons. The van der Waals surface area contributed by atoms with Gasteiger partial charge >= 0.3 is 47.9 Å². The van der Waals surface area contributed by atoms with Crippen LogP contribution in [0.1, 0.15) is 45.4 Å². The van der Waals surface area contributed by atoms with Gasteiger partial charge in [0, 0.05) is 6.04 Å². The van der Waals surface area contributed by atoms with Crippen LogP contribution in [0.15, 0.2) is 0 Å². The van der Waals surface area contributed by atoms with Crippen LogP contribution < -0.4 is 5.32 Å². The van der Waals surface area contributed by atoms with Gasteiger partial charge in [0.15, 0.2) is 0 Å². The van der Waals surface area contributed by atoms with Crippen molar-refractivity contribution in [1.29, 1.82) is 0 Å². The fourth-order valence-corrected chi connectivity index (χ4v) is 6.43. The minimum Gasteiger partial charge on any atom is -0.348 e. The highest BCUT2D eigenvalue weighted by molar-refractivity contribution is 5.85. The van der Waals surface area contributed by atoms with Crippen LogP contribution in [0.3, 0.4) is 0 Å². The monoisotopic (exact) mass is 607 g/mol. The predicted octanol–water partition coefficient (Wildman–Crippen LogP) is 7.42. The number of amides is 1. The molecule has 4 fully saturated rings. The fourth-order valence-electron chi connectivity index (χ4n) is 6.43. The molecule has 4 saturated carbocycles. The van der Waals surface area contributed by atoms with Gasteiger partial charge in [-0.25, -0.2) is 8.78 Å². The van der Waals surface area contributed by atoms with E-state index in [1.165, 1.54) is 5.32 Å². The van der Waals surface area contributed by atoms with Crippen molar-refractivity contribution in [3.63, 3.8) is 0 Å². The molecule has 0 spiro atoms. The van der Waals surface area contributed by atoms with Crippen molar-refractivity contribution in [1.82, 2.24) is 5.32 Å². The maximum atomic E-state index is 14.3. The Labute approximate surface area is 209 Å². The zero-order chi connectivity index (χ0) is 30.4. The van der Waals surface area contributed by atoms with E-state index in [9.17, 15) is 75.0 Å². The molecule has 1 amide bonds. The standard InChI is InChI=1S/C21H21F16NO/c1-8(14-5-9-2-10(6-14)4-11(3-9)7-14)38-13(39)16(26,27)18(30,31)20(34,35)21(36,37)19(32,33)17(28,29)15(24,25)12(22)23/h8-12H,2-7H2,1H3,(H,38,39). The molecule has 1 atom stereocenters. The van der Waals surface area contributed by atoms with Gasteiger partial charge in [0.05, 0.1) is 0 Å². The minimum atomic E-state index is -8.51. The van der Waals surface area contributed by atoms with Crippen molar-refractivity contribution in [2.45, 2.75) is 99.4 Å². The highest BCUT2D eigenvalue weighted by Gasteiger charge is 2.94. The maximum absolute atomic E-state index is 14.3. The molecule has 0 aromatic carbocycles. The van der Waals surface area contributed by atoms with E-state index < -0.39 is 65.2 Å². The Hall–Kier alpha value is -1.65. The molecule has 0 saturated heterocycles. The van der Waals surface area contributed by atoms with E-state index in [1.54, 1.807) is 0 Å². The molecule has 1 N–H and O–H groups in total. The molecule has 18 heteroatoms. The largest absolute Gasteiger partial charge is 0.392 e. The molecule has 228 valence electrons. The number of carbonyl (C=O) groups excluding carboxylic acids is 1. The molecule has 0 aromatic rings. The lowest BCUT2D eigenvalue weighted by atomic mass is 9.48. The summed E-state index contributed by atoms with van der Waals surface area (Å²) in [7, 11) is 0. The first-order valence-electron chi connectivity index (χ1n) is 11.5. The molecule has 1 unspecified atom stereocenters. The van der Waals surface area contributed by atoms with E-state index in [4.69, 9.17) is 0 Å². The van der Waals surface area contributed by atoms with Gasteiger partial charge in [-0.15, -0.1) is 0 Å². The summed E-state index contributed by atoms with van der Waals surface area (Å²) in [5, 5.41) is 1.31. The summed E-state index contributed by atoms with van der Waals surface area (Å²) in [5.74, 6) is -59.0. The lowest BCUT2D eigenvalue weighted by Crippen LogP contribution is -2.75. The second-order valence-corrected chi connectivity index (χ2v) is 10.8. The molecule has 2 nitrogen and oxygen atoms in total. The third-order valence-corrected chi connectivity index (χ3v) is 8.30. The van der Waals surface area contributed by atoms with Gasteiger partial charge in [-0.05, 0) is 68.6 Å². The lowest BCUT2D eigenvalue weighted by molar-refractivity contribution is -0.443. The molecule has 0 heterocycles. The number of halogens is 16. The average molecular weight is 607 g/mol. The molecular weight excluding hydrogens is 586 g/mol. The molecule has 0 aliphatic heterocycles. The number of alkyl halides is 16. The van der Waals surface area contributed by atoms with Crippen molar-refractivity contribution in [2.75, 3.05) is 0 Å². The van der Waals surface area contributed by atoms with Crippen LogP contribution in [0.5, 0.6) is 0 Å². The third kappa shape index (κ3) is 4.18. The second-order valence-electron chi connectivity index (χ2n) is 10.8. The fraction of sp³-hybridized carbons (Fsp3) is 0.952. The van der Waals surface area contributed by atoms with Crippen LogP contribution in [0.4, 0.5) is 70.2 Å². The minimum absolute atomic E-state index is 0.0795. The number of nitrogens with one attached hydrogen (secondary N) is 1. The Morgan fingerprint density at radius 1 is 0.641 bits per heavy atom. The number of hydrogen-bond donors (Lipinski definition) is 1. The highest BCUT2D eigenvalue weighted by Crippen LogP contribution is 2.64. The van der Waals surface area contributed by atoms with Crippen molar-refractivity contribution >= 4 is 5.91 Å². The first kappa shape index (κ1) is 31.9. The quantitative estimate of drug-likeness (QED) is 0.258. The van der Waals surface area contributed by atoms with E-state index in [2.05, 4.69) is 0 Å². The summed E-state index contributed by atoms with van der Waals surface area (Å²) in [6, 6.07) is -1.44. The first-order valence-corrected chi connectivity index (χ1v) is 11.5. The normalized spacial score (nSPS) is 29.6. The summed E-state index contributed by atoms with van der Waals surface area (Å²) < 4.78 is 217. The van der Waals surface area contributed by atoms with E-state index in [0.29, 0.717) is 19.3 Å². The van der Waals surface area contributed by atoms with Gasteiger partial charge in [0.1, 0.15) is 0 Å². The van der Waals surface area contributed by atoms with Crippen molar-refractivity contribution in [2.24, 2.45) is 23.2 Å². The Balaban J connectivity index is 1.90. The predicted molar refractivity (Wildman–Crippen MR) is 98.8 cm³/mol. The topological polar surface area (TPSA) is 29.1 Å². The molecular formula is C21H21F16NO. The van der Waals surface area contributed by atoms with Crippen LogP contribution in [-0.2, 0) is 4.79 Å². The van der Waals surface area contributed by atoms with Crippen LogP contribution in [-0.4, -0.2) is 59.8 Å². The second kappa shape index (κ2) is 8.92. The van der Waals surface area contributed by atoms with Crippen molar-refractivity contribution in [3.05, 3.63) is 0 Å². The Morgan fingerprint density at radius 2 is 0.974 bits per heavy atom. The van der Waals surface area contributed by atoms with Crippen LogP contribution in [0.2, 0.25) is 0 Å². The van der Waals surface area contributed by atoms with Crippen molar-refractivity contribution in [3.8, 4) is 0 Å². The molecule has 4 aliphatic carbocycles. The zero-order valence-electron chi connectivity index (χ0n) is 19.6. The van der Waals surface area contributed by atoms with Crippen LogP contribution >= 0.6 is 0 Å². The van der Waals surface area contributed by atoms with Gasteiger partial charge < -0.3 is 5.32 Å². The molecule has 4 bridgehead atoms. The van der Waals surface area contributed by atoms with E-state index >= 15 is 0 Å². The Morgan fingerprint density at radius 3 is 1.33 bits per heavy atom. The van der Waals surface area contributed by atoms with E-state index in [1.807, 2.05) is 0 Å².